The third kappa shape index (κ3) is 5.68. The van der Waals surface area contributed by atoms with Gasteiger partial charge in [0, 0.05) is 20.7 Å². The summed E-state index contributed by atoms with van der Waals surface area (Å²) >= 11 is 6.31. The molecule has 10 heteroatoms. The molecule has 2 aromatic carbocycles. The first-order valence-corrected chi connectivity index (χ1v) is 11.8. The van der Waals surface area contributed by atoms with Crippen molar-refractivity contribution in [3.8, 4) is 5.75 Å². The van der Waals surface area contributed by atoms with E-state index in [0.29, 0.717) is 23.8 Å². The Kier molecular flexibility index (Phi) is 8.01. The molecule has 176 valence electrons. The highest BCUT2D eigenvalue weighted by Crippen LogP contribution is 2.28. The van der Waals surface area contributed by atoms with E-state index in [1.807, 2.05) is 0 Å². The minimum atomic E-state index is -3.96. The Morgan fingerprint density at radius 1 is 1.09 bits per heavy atom. The van der Waals surface area contributed by atoms with Crippen molar-refractivity contribution in [3.05, 3.63) is 77.2 Å². The van der Waals surface area contributed by atoms with Gasteiger partial charge < -0.3 is 18.8 Å². The molecule has 0 aliphatic carbocycles. The van der Waals surface area contributed by atoms with Crippen LogP contribution in [0.3, 0.4) is 0 Å². The summed E-state index contributed by atoms with van der Waals surface area (Å²) in [7, 11) is 0.546. The van der Waals surface area contributed by atoms with Crippen LogP contribution < -0.4 is 9.04 Å². The molecule has 1 heterocycles. The van der Waals surface area contributed by atoms with Crippen molar-refractivity contribution < 1.29 is 27.1 Å². The van der Waals surface area contributed by atoms with Gasteiger partial charge in [0.1, 0.15) is 11.5 Å². The van der Waals surface area contributed by atoms with Crippen molar-refractivity contribution in [1.82, 2.24) is 4.90 Å². The highest BCUT2D eigenvalue weighted by molar-refractivity contribution is 7.92. The fourth-order valence-corrected chi connectivity index (χ4v) is 4.55. The zero-order valence-electron chi connectivity index (χ0n) is 18.5. The number of benzene rings is 2. The van der Waals surface area contributed by atoms with Crippen molar-refractivity contribution in [2.75, 3.05) is 38.7 Å². The van der Waals surface area contributed by atoms with Gasteiger partial charge in [-0.1, -0.05) is 11.6 Å². The maximum atomic E-state index is 13.3. The fraction of sp³-hybridized carbons (Fsp3) is 0.261. The normalized spacial score (nSPS) is 11.3. The molecule has 0 bridgehead atoms. The average Bonchev–Trinajstić information content (AvgIpc) is 3.34. The first-order valence-electron chi connectivity index (χ1n) is 10.0. The Morgan fingerprint density at radius 3 is 2.42 bits per heavy atom. The largest absolute Gasteiger partial charge is 0.497 e. The Bertz CT molecular complexity index is 1180. The van der Waals surface area contributed by atoms with E-state index in [2.05, 4.69) is 0 Å². The van der Waals surface area contributed by atoms with E-state index >= 15 is 0 Å². The number of sulfonamides is 1. The number of carbonyl (C=O) groups is 1. The number of anilines is 1. The van der Waals surface area contributed by atoms with Crippen molar-refractivity contribution in [3.63, 3.8) is 0 Å². The number of carbonyl (C=O) groups excluding carboxylic acids is 1. The molecular weight excluding hydrogens is 468 g/mol. The van der Waals surface area contributed by atoms with Crippen LogP contribution in [0.5, 0.6) is 5.75 Å². The molecule has 0 N–H and O–H groups in total. The van der Waals surface area contributed by atoms with Crippen molar-refractivity contribution in [2.24, 2.45) is 0 Å². The van der Waals surface area contributed by atoms with Gasteiger partial charge in [-0.3, -0.25) is 9.10 Å². The maximum absolute atomic E-state index is 13.3. The zero-order valence-corrected chi connectivity index (χ0v) is 20.1. The van der Waals surface area contributed by atoms with Crippen LogP contribution in [-0.2, 0) is 21.3 Å². The number of hydrogen-bond donors (Lipinski definition) is 0. The summed E-state index contributed by atoms with van der Waals surface area (Å²) in [5.41, 5.74) is 0.515. The van der Waals surface area contributed by atoms with E-state index in [0.717, 1.165) is 4.31 Å². The quantitative estimate of drug-likeness (QED) is 0.424. The van der Waals surface area contributed by atoms with Gasteiger partial charge in [-0.15, -0.1) is 0 Å². The third-order valence-electron chi connectivity index (χ3n) is 5.04. The van der Waals surface area contributed by atoms with Crippen LogP contribution in [-0.4, -0.2) is 53.6 Å². The predicted molar refractivity (Wildman–Crippen MR) is 125 cm³/mol. The van der Waals surface area contributed by atoms with Gasteiger partial charge in [-0.25, -0.2) is 8.42 Å². The van der Waals surface area contributed by atoms with Crippen LogP contribution in [0.4, 0.5) is 5.69 Å². The van der Waals surface area contributed by atoms with E-state index in [4.69, 9.17) is 25.5 Å². The van der Waals surface area contributed by atoms with Crippen LogP contribution in [0.2, 0.25) is 5.02 Å². The first-order chi connectivity index (χ1) is 15.8. The van der Waals surface area contributed by atoms with Gasteiger partial charge in [0.05, 0.1) is 47.7 Å². The summed E-state index contributed by atoms with van der Waals surface area (Å²) in [4.78, 5) is 14.7. The number of rotatable bonds is 10. The number of methoxy groups -OCH3 is 2. The monoisotopic (exact) mass is 492 g/mol. The minimum absolute atomic E-state index is 0.0572. The molecule has 0 aliphatic rings. The molecule has 0 saturated heterocycles. The Balaban J connectivity index is 1.92. The van der Waals surface area contributed by atoms with Crippen LogP contribution >= 0.6 is 11.6 Å². The lowest BCUT2D eigenvalue weighted by molar-refractivity contribution is 0.0666. The van der Waals surface area contributed by atoms with E-state index in [1.165, 1.54) is 50.6 Å². The maximum Gasteiger partial charge on any atom is 0.264 e. The van der Waals surface area contributed by atoms with Gasteiger partial charge in [0.25, 0.3) is 15.9 Å². The summed E-state index contributed by atoms with van der Waals surface area (Å²) in [6.45, 7) is 0.756. The molecule has 0 radical (unpaired) electrons. The summed E-state index contributed by atoms with van der Waals surface area (Å²) in [6.07, 6.45) is 1.52. The summed E-state index contributed by atoms with van der Waals surface area (Å²) in [5.74, 6) is 0.757. The van der Waals surface area contributed by atoms with Gasteiger partial charge in [-0.05, 0) is 54.6 Å². The smallest absolute Gasteiger partial charge is 0.264 e. The summed E-state index contributed by atoms with van der Waals surface area (Å²) in [5, 5.41) is 0.146. The molecule has 3 rings (SSSR count). The highest BCUT2D eigenvalue weighted by Gasteiger charge is 2.26. The SMILES string of the molecule is COCCN(Cc1ccco1)C(=O)c1cc(S(=O)(=O)N(C)c2ccc(OC)cc2)ccc1Cl. The predicted octanol–water partition coefficient (Wildman–Crippen LogP) is 4.06. The number of furan rings is 1. The second kappa shape index (κ2) is 10.7. The van der Waals surface area contributed by atoms with E-state index in [9.17, 15) is 13.2 Å². The molecule has 0 saturated carbocycles. The van der Waals surface area contributed by atoms with E-state index in [-0.39, 0.29) is 28.6 Å². The molecule has 0 spiro atoms. The third-order valence-corrected chi connectivity index (χ3v) is 7.15. The summed E-state index contributed by atoms with van der Waals surface area (Å²) in [6, 6.07) is 14.2. The van der Waals surface area contributed by atoms with Gasteiger partial charge >= 0.3 is 0 Å². The molecule has 33 heavy (non-hydrogen) atoms. The molecule has 3 aromatic rings. The van der Waals surface area contributed by atoms with E-state index < -0.39 is 15.9 Å². The number of ether oxygens (including phenoxy) is 2. The van der Waals surface area contributed by atoms with Crippen LogP contribution in [0.1, 0.15) is 16.1 Å². The Hall–Kier alpha value is -3.01. The topological polar surface area (TPSA) is 89.3 Å². The fourth-order valence-electron chi connectivity index (χ4n) is 3.13. The number of amides is 1. The van der Waals surface area contributed by atoms with Crippen molar-refractivity contribution in [1.29, 1.82) is 0 Å². The molecule has 1 amide bonds. The van der Waals surface area contributed by atoms with Crippen LogP contribution in [0, 0.1) is 0 Å². The lowest BCUT2D eigenvalue weighted by Crippen LogP contribution is -2.34. The standard InChI is InChI=1S/C23H25ClN2O6S/c1-25(17-6-8-18(31-3)9-7-17)33(28,29)20-10-11-22(24)21(15-20)23(27)26(12-14-30-2)16-19-5-4-13-32-19/h4-11,13,15H,12,14,16H2,1-3H3. The first kappa shape index (κ1) is 24.6. The second-order valence-corrected chi connectivity index (χ2v) is 9.49. The molecule has 0 fully saturated rings. The molecule has 0 atom stereocenters. The number of nitrogens with zero attached hydrogens (tertiary/aromatic N) is 2. The Morgan fingerprint density at radius 2 is 1.82 bits per heavy atom. The van der Waals surface area contributed by atoms with E-state index in [1.54, 1.807) is 36.4 Å². The number of hydrogen-bond acceptors (Lipinski definition) is 6. The Labute approximate surface area is 198 Å². The van der Waals surface area contributed by atoms with Crippen LogP contribution in [0.25, 0.3) is 0 Å². The van der Waals surface area contributed by atoms with Gasteiger partial charge in [0.15, 0.2) is 0 Å². The van der Waals surface area contributed by atoms with Crippen molar-refractivity contribution in [2.45, 2.75) is 11.4 Å². The molecular formula is C23H25ClN2O6S. The lowest BCUT2D eigenvalue weighted by atomic mass is 10.2. The van der Waals surface area contributed by atoms with Gasteiger partial charge in [0.2, 0.25) is 0 Å². The van der Waals surface area contributed by atoms with Gasteiger partial charge in [-0.2, -0.15) is 0 Å². The van der Waals surface area contributed by atoms with Crippen LogP contribution in [0.15, 0.2) is 70.2 Å². The summed E-state index contributed by atoms with van der Waals surface area (Å²) < 4.78 is 43.3. The highest BCUT2D eigenvalue weighted by atomic mass is 35.5. The van der Waals surface area contributed by atoms with Crippen molar-refractivity contribution >= 4 is 33.2 Å². The minimum Gasteiger partial charge on any atom is -0.497 e. The lowest BCUT2D eigenvalue weighted by Gasteiger charge is -2.23. The molecule has 1 aromatic heterocycles. The average molecular weight is 493 g/mol. The second-order valence-electron chi connectivity index (χ2n) is 7.11. The molecule has 0 unspecified atom stereocenters. The molecule has 8 nitrogen and oxygen atoms in total. The zero-order chi connectivity index (χ0) is 24.0. The molecule has 0 aliphatic heterocycles. The number of halogens is 1.